The molecule has 0 bridgehead atoms. The van der Waals surface area contributed by atoms with Gasteiger partial charge in [-0.2, -0.15) is 13.2 Å². The highest BCUT2D eigenvalue weighted by molar-refractivity contribution is 6.17. The average Bonchev–Trinajstić information content (AvgIpc) is 2.14. The molecule has 0 N–H and O–H groups in total. The van der Waals surface area contributed by atoms with Gasteiger partial charge in [0.05, 0.1) is 5.92 Å². The zero-order valence-electron chi connectivity index (χ0n) is 8.39. The Kier molecular flexibility index (Phi) is 6.96. The third-order valence-electron chi connectivity index (χ3n) is 2.66. The summed E-state index contributed by atoms with van der Waals surface area (Å²) in [6, 6.07) is 0. The molecule has 1 aliphatic rings. The number of halogens is 5. The molecule has 1 nitrogen and oxygen atoms in total. The highest BCUT2D eigenvalue weighted by Gasteiger charge is 2.40. The Labute approximate surface area is 99.4 Å². The van der Waals surface area contributed by atoms with Gasteiger partial charge in [-0.15, -0.1) is 24.0 Å². The van der Waals surface area contributed by atoms with Crippen molar-refractivity contribution in [1.82, 2.24) is 4.90 Å². The van der Waals surface area contributed by atoms with E-state index >= 15 is 0 Å². The van der Waals surface area contributed by atoms with Gasteiger partial charge in [0.2, 0.25) is 0 Å². The van der Waals surface area contributed by atoms with E-state index < -0.39 is 12.1 Å². The van der Waals surface area contributed by atoms with Crippen molar-refractivity contribution in [2.24, 2.45) is 5.92 Å². The summed E-state index contributed by atoms with van der Waals surface area (Å²) in [5, 5.41) is 0. The van der Waals surface area contributed by atoms with Crippen molar-refractivity contribution in [1.29, 1.82) is 0 Å². The van der Waals surface area contributed by atoms with Crippen LogP contribution in [-0.4, -0.2) is 36.6 Å². The largest absolute Gasteiger partial charge is 0.391 e. The van der Waals surface area contributed by atoms with Crippen LogP contribution in [-0.2, 0) is 0 Å². The van der Waals surface area contributed by atoms with E-state index in [1.54, 1.807) is 0 Å². The highest BCUT2D eigenvalue weighted by atomic mass is 35.5. The van der Waals surface area contributed by atoms with Crippen molar-refractivity contribution in [3.63, 3.8) is 0 Å². The first kappa shape index (κ1) is 15.3. The van der Waals surface area contributed by atoms with Crippen LogP contribution in [0.3, 0.4) is 0 Å². The Morgan fingerprint density at radius 1 is 1.20 bits per heavy atom. The Bertz CT molecular complexity index is 167. The molecule has 0 atom stereocenters. The Balaban J connectivity index is 0.00000196. The third-order valence-corrected chi connectivity index (χ3v) is 2.93. The van der Waals surface area contributed by atoms with Crippen LogP contribution < -0.4 is 0 Å². The second kappa shape index (κ2) is 6.81. The number of nitrogens with zero attached hydrogens (tertiary/aromatic N) is 1. The smallest absolute Gasteiger partial charge is 0.303 e. The molecule has 1 saturated heterocycles. The molecule has 0 spiro atoms. The maximum absolute atomic E-state index is 12.3. The fourth-order valence-electron chi connectivity index (χ4n) is 1.77. The molecular weight excluding hydrogens is 250 g/mol. The molecule has 0 aromatic rings. The van der Waals surface area contributed by atoms with Gasteiger partial charge in [0.25, 0.3) is 0 Å². The van der Waals surface area contributed by atoms with E-state index in [0.717, 1.165) is 13.0 Å². The van der Waals surface area contributed by atoms with Crippen LogP contribution in [0.2, 0.25) is 0 Å². The van der Waals surface area contributed by atoms with Crippen LogP contribution >= 0.6 is 24.0 Å². The second-order valence-corrected chi connectivity index (χ2v) is 4.08. The van der Waals surface area contributed by atoms with Crippen molar-refractivity contribution >= 4 is 24.0 Å². The van der Waals surface area contributed by atoms with E-state index in [0.29, 0.717) is 19.0 Å². The van der Waals surface area contributed by atoms with E-state index in [2.05, 4.69) is 4.90 Å². The zero-order valence-corrected chi connectivity index (χ0v) is 9.97. The van der Waals surface area contributed by atoms with Crippen LogP contribution in [0.5, 0.6) is 0 Å². The minimum atomic E-state index is -4.00. The van der Waals surface area contributed by atoms with Crippen molar-refractivity contribution in [2.45, 2.75) is 25.4 Å². The Hall–Kier alpha value is 0.330. The van der Waals surface area contributed by atoms with Gasteiger partial charge >= 0.3 is 6.18 Å². The van der Waals surface area contributed by atoms with Gasteiger partial charge in [-0.1, -0.05) is 0 Å². The van der Waals surface area contributed by atoms with Gasteiger partial charge in [0, 0.05) is 5.88 Å². The van der Waals surface area contributed by atoms with Crippen molar-refractivity contribution in [2.75, 3.05) is 25.5 Å². The monoisotopic (exact) mass is 265 g/mol. The molecule has 15 heavy (non-hydrogen) atoms. The van der Waals surface area contributed by atoms with Gasteiger partial charge in [-0.05, 0) is 38.9 Å². The molecule has 0 amide bonds. The molecule has 1 fully saturated rings. The Morgan fingerprint density at radius 2 is 1.73 bits per heavy atom. The van der Waals surface area contributed by atoms with Gasteiger partial charge in [0.1, 0.15) is 0 Å². The molecule has 0 aromatic carbocycles. The molecule has 1 heterocycles. The van der Waals surface area contributed by atoms with E-state index in [-0.39, 0.29) is 25.2 Å². The first-order valence-electron chi connectivity index (χ1n) is 4.89. The summed E-state index contributed by atoms with van der Waals surface area (Å²) in [6.07, 6.45) is -2.66. The van der Waals surface area contributed by atoms with E-state index in [9.17, 15) is 13.2 Å². The van der Waals surface area contributed by atoms with Gasteiger partial charge in [0.15, 0.2) is 0 Å². The predicted molar refractivity (Wildman–Crippen MR) is 57.8 cm³/mol. The van der Waals surface area contributed by atoms with Gasteiger partial charge < -0.3 is 4.90 Å². The molecule has 0 aromatic heterocycles. The topological polar surface area (TPSA) is 3.24 Å². The lowest BCUT2D eigenvalue weighted by atomic mass is 9.96. The first-order valence-corrected chi connectivity index (χ1v) is 5.42. The van der Waals surface area contributed by atoms with Gasteiger partial charge in [-0.3, -0.25) is 0 Å². The molecule has 1 rings (SSSR count). The molecule has 92 valence electrons. The van der Waals surface area contributed by atoms with E-state index in [4.69, 9.17) is 11.6 Å². The molecule has 0 radical (unpaired) electrons. The van der Waals surface area contributed by atoms with Crippen molar-refractivity contribution in [3.05, 3.63) is 0 Å². The highest BCUT2D eigenvalue weighted by Crippen LogP contribution is 2.33. The quantitative estimate of drug-likeness (QED) is 0.708. The molecule has 1 aliphatic heterocycles. The Morgan fingerprint density at radius 3 is 2.13 bits per heavy atom. The number of rotatable bonds is 3. The fourth-order valence-corrected chi connectivity index (χ4v) is 1.89. The lowest BCUT2D eigenvalue weighted by Crippen LogP contribution is -2.39. The van der Waals surface area contributed by atoms with Crippen LogP contribution in [0.1, 0.15) is 19.3 Å². The summed E-state index contributed by atoms with van der Waals surface area (Å²) in [6.45, 7) is 1.94. The van der Waals surface area contributed by atoms with Crippen LogP contribution in [0.25, 0.3) is 0 Å². The number of hydrogen-bond acceptors (Lipinski definition) is 1. The summed E-state index contributed by atoms with van der Waals surface area (Å²) in [5.74, 6) is -0.506. The minimum Gasteiger partial charge on any atom is -0.303 e. The van der Waals surface area contributed by atoms with Crippen LogP contribution in [0, 0.1) is 5.92 Å². The van der Waals surface area contributed by atoms with E-state index in [1.165, 1.54) is 0 Å². The maximum Gasteiger partial charge on any atom is 0.391 e. The number of alkyl halides is 4. The molecule has 6 heteroatoms. The van der Waals surface area contributed by atoms with Crippen molar-refractivity contribution in [3.8, 4) is 0 Å². The average molecular weight is 266 g/mol. The SMILES string of the molecule is Cl.FC(F)(F)C1CCN(CCCCl)CC1. The van der Waals surface area contributed by atoms with Crippen LogP contribution in [0.4, 0.5) is 13.2 Å². The first-order chi connectivity index (χ1) is 6.54. The molecule has 0 saturated carbocycles. The minimum absolute atomic E-state index is 0. The molecular formula is C9H16Cl2F3N. The summed E-state index contributed by atoms with van der Waals surface area (Å²) >= 11 is 5.52. The van der Waals surface area contributed by atoms with Gasteiger partial charge in [-0.25, -0.2) is 0 Å². The second-order valence-electron chi connectivity index (χ2n) is 3.70. The molecule has 0 aliphatic carbocycles. The zero-order chi connectivity index (χ0) is 10.6. The predicted octanol–water partition coefficient (Wildman–Crippen LogP) is 3.31. The number of hydrogen-bond donors (Lipinski definition) is 0. The lowest BCUT2D eigenvalue weighted by molar-refractivity contribution is -0.185. The standard InChI is InChI=1S/C9H15ClF3N.ClH/c10-4-1-5-14-6-2-8(3-7-14)9(11,12)13;/h8H,1-7H2;1H. The third kappa shape index (κ3) is 5.27. The van der Waals surface area contributed by atoms with Crippen LogP contribution in [0.15, 0.2) is 0 Å². The summed E-state index contributed by atoms with van der Waals surface area (Å²) in [7, 11) is 0. The number of piperidine rings is 1. The maximum atomic E-state index is 12.3. The number of likely N-dealkylation sites (tertiary alicyclic amines) is 1. The van der Waals surface area contributed by atoms with Crippen molar-refractivity contribution < 1.29 is 13.2 Å². The fraction of sp³-hybridized carbons (Fsp3) is 1.00. The van der Waals surface area contributed by atoms with E-state index in [1.807, 2.05) is 0 Å². The normalized spacial score (nSPS) is 20.0. The summed E-state index contributed by atoms with van der Waals surface area (Å²) in [4.78, 5) is 2.06. The lowest BCUT2D eigenvalue weighted by Gasteiger charge is -2.32. The summed E-state index contributed by atoms with van der Waals surface area (Å²) < 4.78 is 36.8. The summed E-state index contributed by atoms with van der Waals surface area (Å²) in [5.41, 5.74) is 0. The molecule has 0 unspecified atom stereocenters.